The van der Waals surface area contributed by atoms with Gasteiger partial charge in [-0.1, -0.05) is 30.0 Å². The number of hydrogen-bond acceptors (Lipinski definition) is 2. The van der Waals surface area contributed by atoms with E-state index < -0.39 is 11.8 Å². The fourth-order valence-electron chi connectivity index (χ4n) is 1.83. The van der Waals surface area contributed by atoms with Crippen molar-refractivity contribution in [3.05, 3.63) is 70.5 Å². The maximum absolute atomic E-state index is 13.6. The van der Waals surface area contributed by atoms with E-state index in [1.807, 2.05) is 0 Å². The zero-order valence-electron chi connectivity index (χ0n) is 11.9. The molecule has 2 aromatic rings. The molecule has 0 amide bonds. The second kappa shape index (κ2) is 6.68. The summed E-state index contributed by atoms with van der Waals surface area (Å²) in [5, 5.41) is 8.55. The van der Waals surface area contributed by atoms with Crippen LogP contribution in [0.1, 0.15) is 22.3 Å². The highest BCUT2D eigenvalue weighted by Crippen LogP contribution is 2.09. The normalized spacial score (nSPS) is 9.73. The van der Waals surface area contributed by atoms with Gasteiger partial charge < -0.3 is 5.11 Å². The van der Waals surface area contributed by atoms with Gasteiger partial charge in [0.2, 0.25) is 5.78 Å². The van der Waals surface area contributed by atoms with Crippen LogP contribution in [-0.4, -0.2) is 16.9 Å². The molecule has 0 aliphatic heterocycles. The second-order valence-electron chi connectivity index (χ2n) is 4.84. The Kier molecular flexibility index (Phi) is 4.70. The Hall–Kier alpha value is -2.93. The Morgan fingerprint density at radius 2 is 1.77 bits per heavy atom. The lowest BCUT2D eigenvalue weighted by molar-refractivity contribution is -0.148. The van der Waals surface area contributed by atoms with Crippen molar-refractivity contribution in [3.8, 4) is 11.8 Å². The third kappa shape index (κ3) is 4.03. The highest BCUT2D eigenvalue weighted by atomic mass is 19.1. The van der Waals surface area contributed by atoms with Gasteiger partial charge in [-0.3, -0.25) is 4.79 Å². The van der Waals surface area contributed by atoms with Crippen LogP contribution in [0.2, 0.25) is 0 Å². The minimum absolute atomic E-state index is 0.157. The molecule has 0 spiro atoms. The van der Waals surface area contributed by atoms with Crippen molar-refractivity contribution in [2.24, 2.45) is 0 Å². The molecule has 4 heteroatoms. The molecule has 0 saturated carbocycles. The minimum atomic E-state index is -1.45. The molecule has 0 heterocycles. The number of halogens is 1. The van der Waals surface area contributed by atoms with Gasteiger partial charge in [-0.05, 0) is 42.3 Å². The van der Waals surface area contributed by atoms with E-state index in [2.05, 4.69) is 11.8 Å². The Morgan fingerprint density at radius 3 is 2.36 bits per heavy atom. The molecular formula is C18H13FO3. The van der Waals surface area contributed by atoms with E-state index in [1.165, 1.54) is 6.07 Å². The van der Waals surface area contributed by atoms with Crippen molar-refractivity contribution >= 4 is 11.8 Å². The molecule has 2 rings (SSSR count). The van der Waals surface area contributed by atoms with Gasteiger partial charge in [0.1, 0.15) is 5.82 Å². The summed E-state index contributed by atoms with van der Waals surface area (Å²) in [7, 11) is 0. The number of benzene rings is 2. The van der Waals surface area contributed by atoms with Crippen LogP contribution in [0, 0.1) is 24.6 Å². The van der Waals surface area contributed by atoms with Crippen molar-refractivity contribution in [2.75, 3.05) is 0 Å². The van der Waals surface area contributed by atoms with E-state index in [1.54, 1.807) is 43.3 Å². The number of aliphatic carboxylic acids is 1. The fourth-order valence-corrected chi connectivity index (χ4v) is 1.83. The van der Waals surface area contributed by atoms with Crippen LogP contribution >= 0.6 is 0 Å². The lowest BCUT2D eigenvalue weighted by Crippen LogP contribution is -2.14. The van der Waals surface area contributed by atoms with Gasteiger partial charge >= 0.3 is 5.97 Å². The van der Waals surface area contributed by atoms with Gasteiger partial charge in [0.05, 0.1) is 5.56 Å². The van der Waals surface area contributed by atoms with Gasteiger partial charge in [0.15, 0.2) is 0 Å². The smallest absolute Gasteiger partial charge is 0.372 e. The van der Waals surface area contributed by atoms with Crippen LogP contribution < -0.4 is 0 Å². The van der Waals surface area contributed by atoms with E-state index in [0.29, 0.717) is 16.7 Å². The standard InChI is InChI=1S/C18H13FO3/c1-12-2-8-15(16(19)10-12)9-7-13-3-5-14(6-4-13)11-17(20)18(21)22/h2-6,8,10H,11H2,1H3,(H,21,22). The maximum Gasteiger partial charge on any atom is 0.372 e. The van der Waals surface area contributed by atoms with Crippen molar-refractivity contribution in [1.29, 1.82) is 0 Å². The Morgan fingerprint density at radius 1 is 1.09 bits per heavy atom. The molecule has 0 radical (unpaired) electrons. The van der Waals surface area contributed by atoms with Crippen molar-refractivity contribution in [1.82, 2.24) is 0 Å². The maximum atomic E-state index is 13.6. The summed E-state index contributed by atoms with van der Waals surface area (Å²) in [4.78, 5) is 21.6. The average molecular weight is 296 g/mol. The van der Waals surface area contributed by atoms with Gasteiger partial charge in [-0.25, -0.2) is 9.18 Å². The second-order valence-corrected chi connectivity index (χ2v) is 4.84. The summed E-state index contributed by atoms with van der Waals surface area (Å²) in [6.07, 6.45) is -0.157. The molecule has 3 nitrogen and oxygen atoms in total. The van der Waals surface area contributed by atoms with Crippen LogP contribution in [0.15, 0.2) is 42.5 Å². The van der Waals surface area contributed by atoms with Crippen LogP contribution in [-0.2, 0) is 16.0 Å². The van der Waals surface area contributed by atoms with E-state index in [-0.39, 0.29) is 12.2 Å². The summed E-state index contributed by atoms with van der Waals surface area (Å²) in [5.74, 6) is 2.91. The molecule has 0 saturated heterocycles. The SMILES string of the molecule is Cc1ccc(C#Cc2ccc(CC(=O)C(=O)O)cc2)c(F)c1. The molecule has 2 aromatic carbocycles. The first-order valence-corrected chi connectivity index (χ1v) is 6.59. The fraction of sp³-hybridized carbons (Fsp3) is 0.111. The number of rotatable bonds is 3. The van der Waals surface area contributed by atoms with E-state index in [0.717, 1.165) is 5.56 Å². The Labute approximate surface area is 127 Å². The lowest BCUT2D eigenvalue weighted by Gasteiger charge is -1.98. The van der Waals surface area contributed by atoms with Crippen LogP contribution in [0.4, 0.5) is 4.39 Å². The van der Waals surface area contributed by atoms with Gasteiger partial charge in [0, 0.05) is 12.0 Å². The molecule has 0 unspecified atom stereocenters. The molecule has 0 aromatic heterocycles. The van der Waals surface area contributed by atoms with Gasteiger partial charge in [-0.2, -0.15) is 0 Å². The van der Waals surface area contributed by atoms with E-state index >= 15 is 0 Å². The minimum Gasteiger partial charge on any atom is -0.475 e. The number of Topliss-reactive ketones (excluding diaryl/α,β-unsaturated/α-hetero) is 1. The Bertz CT molecular complexity index is 780. The topological polar surface area (TPSA) is 54.4 Å². The highest BCUT2D eigenvalue weighted by Gasteiger charge is 2.11. The molecule has 110 valence electrons. The number of aryl methyl sites for hydroxylation is 1. The predicted octanol–water partition coefficient (Wildman–Crippen LogP) is 2.73. The van der Waals surface area contributed by atoms with Crippen molar-refractivity contribution in [2.45, 2.75) is 13.3 Å². The first-order valence-electron chi connectivity index (χ1n) is 6.59. The number of hydrogen-bond donors (Lipinski definition) is 1. The number of carbonyl (C=O) groups excluding carboxylic acids is 1. The third-order valence-electron chi connectivity index (χ3n) is 3.02. The molecule has 22 heavy (non-hydrogen) atoms. The summed E-state index contributed by atoms with van der Waals surface area (Å²) in [6.45, 7) is 1.80. The monoisotopic (exact) mass is 296 g/mol. The van der Waals surface area contributed by atoms with Gasteiger partial charge in [0.25, 0.3) is 0 Å². The summed E-state index contributed by atoms with van der Waals surface area (Å²) < 4.78 is 13.6. The molecule has 0 fully saturated rings. The third-order valence-corrected chi connectivity index (χ3v) is 3.02. The number of carboxylic acid groups (broad SMARTS) is 1. The lowest BCUT2D eigenvalue weighted by atomic mass is 10.1. The summed E-state index contributed by atoms with van der Waals surface area (Å²) >= 11 is 0. The molecule has 0 bridgehead atoms. The Balaban J connectivity index is 2.13. The predicted molar refractivity (Wildman–Crippen MR) is 79.9 cm³/mol. The number of carbonyl (C=O) groups is 2. The number of carboxylic acids is 1. The summed E-state index contributed by atoms with van der Waals surface area (Å²) in [6, 6.07) is 11.4. The first-order chi connectivity index (χ1) is 10.5. The van der Waals surface area contributed by atoms with Crippen molar-refractivity contribution in [3.63, 3.8) is 0 Å². The quantitative estimate of drug-likeness (QED) is 0.700. The van der Waals surface area contributed by atoms with E-state index in [4.69, 9.17) is 5.11 Å². The largest absolute Gasteiger partial charge is 0.475 e. The number of ketones is 1. The first kappa shape index (κ1) is 15.5. The molecule has 0 aliphatic carbocycles. The van der Waals surface area contributed by atoms with Crippen LogP contribution in [0.3, 0.4) is 0 Å². The zero-order valence-corrected chi connectivity index (χ0v) is 11.9. The molecular weight excluding hydrogens is 283 g/mol. The van der Waals surface area contributed by atoms with Crippen LogP contribution in [0.25, 0.3) is 0 Å². The average Bonchev–Trinajstić information content (AvgIpc) is 2.47. The van der Waals surface area contributed by atoms with Crippen molar-refractivity contribution < 1.29 is 19.1 Å². The molecule has 1 N–H and O–H groups in total. The highest BCUT2D eigenvalue weighted by molar-refractivity contribution is 6.33. The molecule has 0 atom stereocenters. The zero-order chi connectivity index (χ0) is 16.1. The van der Waals surface area contributed by atoms with E-state index in [9.17, 15) is 14.0 Å². The van der Waals surface area contributed by atoms with Gasteiger partial charge in [-0.15, -0.1) is 0 Å². The summed E-state index contributed by atoms with van der Waals surface area (Å²) in [5.41, 5.74) is 2.40. The molecule has 0 aliphatic rings. The van der Waals surface area contributed by atoms with Crippen LogP contribution in [0.5, 0.6) is 0 Å².